The molecular formula is C13H15BrF3NO. The summed E-state index contributed by atoms with van der Waals surface area (Å²) >= 11 is 3.31. The Hall–Kier alpha value is -1.04. The highest BCUT2D eigenvalue weighted by Crippen LogP contribution is 2.15. The summed E-state index contributed by atoms with van der Waals surface area (Å²) < 4.78 is 39.1. The fourth-order valence-corrected chi connectivity index (χ4v) is 2.29. The molecule has 0 aliphatic carbocycles. The summed E-state index contributed by atoms with van der Waals surface area (Å²) in [6.45, 7) is 2.36. The van der Waals surface area contributed by atoms with E-state index in [0.717, 1.165) is 30.3 Å². The SMILES string of the molecule is CCC(CCBr)CNC(=O)c1ccc(F)c(F)c1F. The number of carbonyl (C=O) groups is 1. The molecule has 6 heteroatoms. The standard InChI is InChI=1S/C13H15BrF3NO/c1-2-8(5-6-14)7-18-13(19)9-3-4-10(15)12(17)11(9)16/h3-4,8H,2,5-7H2,1H3,(H,18,19). The average molecular weight is 338 g/mol. The van der Waals surface area contributed by atoms with Crippen LogP contribution in [0.3, 0.4) is 0 Å². The maximum atomic E-state index is 13.4. The molecule has 0 fully saturated rings. The minimum Gasteiger partial charge on any atom is -0.352 e. The molecule has 0 aliphatic heterocycles. The van der Waals surface area contributed by atoms with Gasteiger partial charge in [-0.25, -0.2) is 13.2 Å². The van der Waals surface area contributed by atoms with Crippen molar-refractivity contribution in [3.05, 3.63) is 35.1 Å². The number of benzene rings is 1. The van der Waals surface area contributed by atoms with Crippen LogP contribution >= 0.6 is 15.9 Å². The van der Waals surface area contributed by atoms with Crippen molar-refractivity contribution in [3.8, 4) is 0 Å². The van der Waals surface area contributed by atoms with Crippen molar-refractivity contribution in [2.24, 2.45) is 5.92 Å². The van der Waals surface area contributed by atoms with E-state index in [0.29, 0.717) is 6.54 Å². The molecule has 1 aromatic rings. The molecule has 0 spiro atoms. The summed E-state index contributed by atoms with van der Waals surface area (Å²) in [6.07, 6.45) is 1.74. The molecule has 1 unspecified atom stereocenters. The first-order valence-electron chi connectivity index (χ1n) is 5.98. The molecule has 0 radical (unpaired) electrons. The lowest BCUT2D eigenvalue weighted by atomic mass is 10.0. The number of amides is 1. The molecule has 2 nitrogen and oxygen atoms in total. The second kappa shape index (κ2) is 7.53. The van der Waals surface area contributed by atoms with Gasteiger partial charge in [-0.15, -0.1) is 0 Å². The molecular weight excluding hydrogens is 323 g/mol. The van der Waals surface area contributed by atoms with Crippen LogP contribution in [-0.2, 0) is 0 Å². The summed E-state index contributed by atoms with van der Waals surface area (Å²) in [5.74, 6) is -4.85. The number of carbonyl (C=O) groups excluding carboxylic acids is 1. The summed E-state index contributed by atoms with van der Waals surface area (Å²) in [7, 11) is 0. The van der Waals surface area contributed by atoms with E-state index >= 15 is 0 Å². The smallest absolute Gasteiger partial charge is 0.254 e. The Balaban J connectivity index is 2.71. The quantitative estimate of drug-likeness (QED) is 0.623. The van der Waals surface area contributed by atoms with E-state index in [2.05, 4.69) is 21.2 Å². The van der Waals surface area contributed by atoms with Gasteiger partial charge in [0.2, 0.25) is 0 Å². The maximum Gasteiger partial charge on any atom is 0.254 e. The molecule has 1 atom stereocenters. The fraction of sp³-hybridized carbons (Fsp3) is 0.462. The molecule has 0 saturated heterocycles. The van der Waals surface area contributed by atoms with Gasteiger partial charge in [-0.2, -0.15) is 0 Å². The number of hydrogen-bond acceptors (Lipinski definition) is 1. The van der Waals surface area contributed by atoms with Gasteiger partial charge in [0.15, 0.2) is 17.5 Å². The summed E-state index contributed by atoms with van der Waals surface area (Å²) in [6, 6.07) is 1.68. The van der Waals surface area contributed by atoms with Crippen LogP contribution in [0.25, 0.3) is 0 Å². The van der Waals surface area contributed by atoms with Gasteiger partial charge in [-0.1, -0.05) is 29.3 Å². The van der Waals surface area contributed by atoms with Crippen molar-refractivity contribution in [1.29, 1.82) is 0 Å². The van der Waals surface area contributed by atoms with Crippen LogP contribution < -0.4 is 5.32 Å². The fourth-order valence-electron chi connectivity index (χ4n) is 1.64. The average Bonchev–Trinajstić information content (AvgIpc) is 2.40. The first-order chi connectivity index (χ1) is 9.01. The van der Waals surface area contributed by atoms with E-state index in [1.165, 1.54) is 0 Å². The third-order valence-corrected chi connectivity index (χ3v) is 3.38. The zero-order valence-corrected chi connectivity index (χ0v) is 12.1. The lowest BCUT2D eigenvalue weighted by Crippen LogP contribution is -2.30. The molecule has 0 bridgehead atoms. The monoisotopic (exact) mass is 337 g/mol. The minimum atomic E-state index is -1.62. The van der Waals surface area contributed by atoms with E-state index in [1.54, 1.807) is 0 Å². The predicted molar refractivity (Wildman–Crippen MR) is 70.8 cm³/mol. The van der Waals surface area contributed by atoms with Crippen LogP contribution in [0.4, 0.5) is 13.2 Å². The van der Waals surface area contributed by atoms with Crippen molar-refractivity contribution >= 4 is 21.8 Å². The van der Waals surface area contributed by atoms with E-state index in [-0.39, 0.29) is 5.92 Å². The largest absolute Gasteiger partial charge is 0.352 e. The molecule has 1 aromatic carbocycles. The molecule has 1 rings (SSSR count). The van der Waals surface area contributed by atoms with Crippen LogP contribution in [0.1, 0.15) is 30.1 Å². The van der Waals surface area contributed by atoms with Crippen molar-refractivity contribution < 1.29 is 18.0 Å². The van der Waals surface area contributed by atoms with E-state index in [1.807, 2.05) is 6.92 Å². The highest BCUT2D eigenvalue weighted by atomic mass is 79.9. The van der Waals surface area contributed by atoms with Crippen molar-refractivity contribution in [1.82, 2.24) is 5.32 Å². The van der Waals surface area contributed by atoms with Crippen molar-refractivity contribution in [2.45, 2.75) is 19.8 Å². The highest BCUT2D eigenvalue weighted by Gasteiger charge is 2.19. The van der Waals surface area contributed by atoms with Crippen LogP contribution in [0.5, 0.6) is 0 Å². The normalized spacial score (nSPS) is 12.3. The van der Waals surface area contributed by atoms with Crippen LogP contribution in [-0.4, -0.2) is 17.8 Å². The van der Waals surface area contributed by atoms with Crippen LogP contribution in [0, 0.1) is 23.4 Å². The Morgan fingerprint density at radius 1 is 1.32 bits per heavy atom. The first-order valence-corrected chi connectivity index (χ1v) is 7.11. The molecule has 1 amide bonds. The molecule has 106 valence electrons. The molecule has 0 aliphatic rings. The highest BCUT2D eigenvalue weighted by molar-refractivity contribution is 9.09. The van der Waals surface area contributed by atoms with Crippen molar-refractivity contribution in [3.63, 3.8) is 0 Å². The van der Waals surface area contributed by atoms with Gasteiger partial charge in [0, 0.05) is 11.9 Å². The summed E-state index contributed by atoms with van der Waals surface area (Å²) in [5.41, 5.74) is -0.479. The van der Waals surface area contributed by atoms with Gasteiger partial charge in [0.1, 0.15) is 0 Å². The van der Waals surface area contributed by atoms with E-state index in [4.69, 9.17) is 0 Å². The zero-order chi connectivity index (χ0) is 14.4. The topological polar surface area (TPSA) is 29.1 Å². The Kier molecular flexibility index (Phi) is 6.34. The number of halogens is 4. The van der Waals surface area contributed by atoms with Gasteiger partial charge in [0.05, 0.1) is 5.56 Å². The van der Waals surface area contributed by atoms with Gasteiger partial charge in [0.25, 0.3) is 5.91 Å². The van der Waals surface area contributed by atoms with Gasteiger partial charge in [-0.05, 0) is 24.5 Å². The first kappa shape index (κ1) is 16.0. The molecule has 1 N–H and O–H groups in total. The van der Waals surface area contributed by atoms with Gasteiger partial charge >= 0.3 is 0 Å². The number of rotatable bonds is 6. The third-order valence-electron chi connectivity index (χ3n) is 2.93. The number of nitrogens with one attached hydrogen (secondary N) is 1. The second-order valence-corrected chi connectivity index (χ2v) is 4.98. The molecule has 0 heterocycles. The van der Waals surface area contributed by atoms with Crippen LogP contribution in [0.15, 0.2) is 12.1 Å². The molecule has 0 aromatic heterocycles. The lowest BCUT2D eigenvalue weighted by molar-refractivity contribution is 0.0941. The third kappa shape index (κ3) is 4.23. The number of alkyl halides is 1. The van der Waals surface area contributed by atoms with E-state index in [9.17, 15) is 18.0 Å². The Labute approximate surface area is 118 Å². The Morgan fingerprint density at radius 3 is 2.58 bits per heavy atom. The van der Waals surface area contributed by atoms with Crippen LogP contribution in [0.2, 0.25) is 0 Å². The van der Waals surface area contributed by atoms with E-state index < -0.39 is 28.9 Å². The second-order valence-electron chi connectivity index (χ2n) is 4.18. The molecule has 19 heavy (non-hydrogen) atoms. The summed E-state index contributed by atoms with van der Waals surface area (Å²) in [5, 5.41) is 3.34. The lowest BCUT2D eigenvalue weighted by Gasteiger charge is -2.14. The Bertz CT molecular complexity index is 454. The minimum absolute atomic E-state index is 0.261. The zero-order valence-electron chi connectivity index (χ0n) is 10.5. The van der Waals surface area contributed by atoms with Gasteiger partial charge < -0.3 is 5.32 Å². The summed E-state index contributed by atoms with van der Waals surface area (Å²) in [4.78, 5) is 11.7. The Morgan fingerprint density at radius 2 is 2.00 bits per heavy atom. The van der Waals surface area contributed by atoms with Gasteiger partial charge in [-0.3, -0.25) is 4.79 Å². The van der Waals surface area contributed by atoms with Crippen molar-refractivity contribution in [2.75, 3.05) is 11.9 Å². The maximum absolute atomic E-state index is 13.4. The number of hydrogen-bond donors (Lipinski definition) is 1. The predicted octanol–water partition coefficient (Wildman–Crippen LogP) is 3.64. The molecule has 0 saturated carbocycles.